The molecule has 0 radical (unpaired) electrons. The molecule has 0 saturated heterocycles. The molecule has 1 amide bonds. The van der Waals surface area contributed by atoms with Crippen molar-refractivity contribution in [1.29, 1.82) is 0 Å². The summed E-state index contributed by atoms with van der Waals surface area (Å²) in [5.74, 6) is 1.43. The normalized spacial score (nSPS) is 11.8. The van der Waals surface area contributed by atoms with Crippen molar-refractivity contribution < 1.29 is 9.53 Å². The average molecular weight is 382 g/mol. The molecule has 2 N–H and O–H groups in total. The lowest BCUT2D eigenvalue weighted by Crippen LogP contribution is -2.30. The van der Waals surface area contributed by atoms with E-state index in [1.807, 2.05) is 62.4 Å². The third-order valence-electron chi connectivity index (χ3n) is 4.07. The van der Waals surface area contributed by atoms with E-state index in [0.717, 1.165) is 16.9 Å². The highest BCUT2D eigenvalue weighted by molar-refractivity contribution is 8.00. The summed E-state index contributed by atoms with van der Waals surface area (Å²) in [6, 6.07) is 15.7. The van der Waals surface area contributed by atoms with E-state index >= 15 is 0 Å². The van der Waals surface area contributed by atoms with Gasteiger partial charge >= 0.3 is 0 Å². The Morgan fingerprint density at radius 1 is 1.19 bits per heavy atom. The molecule has 6 nitrogen and oxygen atoms in total. The van der Waals surface area contributed by atoms with Crippen molar-refractivity contribution in [2.45, 2.75) is 30.8 Å². The Bertz CT molecular complexity index is 891. The van der Waals surface area contributed by atoms with E-state index < -0.39 is 0 Å². The minimum atomic E-state index is -0.301. The lowest BCUT2D eigenvalue weighted by Gasteiger charge is -2.10. The second kappa shape index (κ2) is 8.73. The summed E-state index contributed by atoms with van der Waals surface area (Å²) in [6.07, 6.45) is 0. The molecule has 0 aliphatic heterocycles. The summed E-state index contributed by atoms with van der Waals surface area (Å²) in [5, 5.41) is 10.3. The fourth-order valence-electron chi connectivity index (χ4n) is 2.43. The van der Waals surface area contributed by atoms with Crippen LogP contribution in [0.5, 0.6) is 5.75 Å². The number of thioether (sulfide) groups is 1. The van der Waals surface area contributed by atoms with E-state index in [-0.39, 0.29) is 11.2 Å². The highest BCUT2D eigenvalue weighted by Gasteiger charge is 2.17. The van der Waals surface area contributed by atoms with Crippen LogP contribution in [0.3, 0.4) is 0 Å². The molecular weight excluding hydrogens is 360 g/mol. The summed E-state index contributed by atoms with van der Waals surface area (Å²) < 4.78 is 5.13. The van der Waals surface area contributed by atoms with Crippen molar-refractivity contribution in [3.63, 3.8) is 0 Å². The van der Waals surface area contributed by atoms with Crippen LogP contribution >= 0.6 is 11.8 Å². The molecule has 1 atom stereocenters. The molecule has 0 unspecified atom stereocenters. The van der Waals surface area contributed by atoms with Gasteiger partial charge in [0.15, 0.2) is 5.82 Å². The smallest absolute Gasteiger partial charge is 0.233 e. The standard InChI is InChI=1S/C20H22N4O2S/c1-13-4-8-16(9-5-13)18-22-20(24-23-18)27-14(2)19(25)21-12-15-6-10-17(26-3)11-7-15/h4-11,14H,12H2,1-3H3,(H,21,25)(H,22,23,24)/t14-/m0/s1. The van der Waals surface area contributed by atoms with Crippen molar-refractivity contribution in [2.24, 2.45) is 0 Å². The maximum atomic E-state index is 12.3. The Balaban J connectivity index is 1.54. The van der Waals surface area contributed by atoms with Gasteiger partial charge in [-0.05, 0) is 31.5 Å². The van der Waals surface area contributed by atoms with Gasteiger partial charge in [-0.1, -0.05) is 53.7 Å². The van der Waals surface area contributed by atoms with Crippen LogP contribution in [0.4, 0.5) is 0 Å². The Morgan fingerprint density at radius 3 is 2.56 bits per heavy atom. The molecule has 3 aromatic rings. The number of H-pyrrole nitrogens is 1. The number of aromatic nitrogens is 3. The second-order valence-electron chi connectivity index (χ2n) is 6.16. The molecule has 140 valence electrons. The van der Waals surface area contributed by atoms with Crippen molar-refractivity contribution >= 4 is 17.7 Å². The fourth-order valence-corrected chi connectivity index (χ4v) is 3.18. The number of methoxy groups -OCH3 is 1. The molecule has 0 fully saturated rings. The first kappa shape index (κ1) is 19.0. The van der Waals surface area contributed by atoms with E-state index in [4.69, 9.17) is 4.74 Å². The topological polar surface area (TPSA) is 79.9 Å². The summed E-state index contributed by atoms with van der Waals surface area (Å²) in [7, 11) is 1.63. The Labute approximate surface area is 162 Å². The fraction of sp³-hybridized carbons (Fsp3) is 0.250. The molecule has 0 spiro atoms. The molecular formula is C20H22N4O2S. The zero-order valence-electron chi connectivity index (χ0n) is 15.5. The highest BCUT2D eigenvalue weighted by atomic mass is 32.2. The number of benzene rings is 2. The summed E-state index contributed by atoms with van der Waals surface area (Å²) >= 11 is 1.33. The third kappa shape index (κ3) is 5.10. The van der Waals surface area contributed by atoms with Gasteiger partial charge in [0.25, 0.3) is 0 Å². The average Bonchev–Trinajstić information content (AvgIpc) is 3.15. The van der Waals surface area contributed by atoms with E-state index in [0.29, 0.717) is 17.5 Å². The van der Waals surface area contributed by atoms with Crippen molar-refractivity contribution in [1.82, 2.24) is 20.5 Å². The lowest BCUT2D eigenvalue weighted by molar-refractivity contribution is -0.120. The van der Waals surface area contributed by atoms with Crippen LogP contribution in [0.25, 0.3) is 11.4 Å². The molecule has 0 aliphatic carbocycles. The minimum absolute atomic E-state index is 0.0579. The maximum Gasteiger partial charge on any atom is 0.233 e. The van der Waals surface area contributed by atoms with E-state index in [1.165, 1.54) is 17.3 Å². The molecule has 0 bridgehead atoms. The summed E-state index contributed by atoms with van der Waals surface area (Å²) in [6.45, 7) is 4.35. The van der Waals surface area contributed by atoms with Crippen LogP contribution in [0.2, 0.25) is 0 Å². The monoisotopic (exact) mass is 382 g/mol. The van der Waals surface area contributed by atoms with Gasteiger partial charge in [-0.2, -0.15) is 0 Å². The Kier molecular flexibility index (Phi) is 6.13. The van der Waals surface area contributed by atoms with Gasteiger partial charge in [-0.25, -0.2) is 4.98 Å². The van der Waals surface area contributed by atoms with Crippen molar-refractivity contribution in [3.05, 3.63) is 59.7 Å². The molecule has 0 aliphatic rings. The van der Waals surface area contributed by atoms with Gasteiger partial charge in [0.2, 0.25) is 11.1 Å². The van der Waals surface area contributed by atoms with E-state index in [9.17, 15) is 4.79 Å². The van der Waals surface area contributed by atoms with E-state index in [1.54, 1.807) is 7.11 Å². The second-order valence-corrected chi connectivity index (χ2v) is 7.47. The zero-order valence-corrected chi connectivity index (χ0v) is 16.3. The lowest BCUT2D eigenvalue weighted by atomic mass is 10.1. The molecule has 7 heteroatoms. The number of ether oxygens (including phenoxy) is 1. The first-order valence-electron chi connectivity index (χ1n) is 8.62. The third-order valence-corrected chi connectivity index (χ3v) is 5.03. The first-order valence-corrected chi connectivity index (χ1v) is 9.50. The number of aryl methyl sites for hydroxylation is 1. The van der Waals surface area contributed by atoms with Crippen molar-refractivity contribution in [3.8, 4) is 17.1 Å². The van der Waals surface area contributed by atoms with E-state index in [2.05, 4.69) is 20.5 Å². The van der Waals surface area contributed by atoms with Gasteiger partial charge in [0.1, 0.15) is 5.75 Å². The van der Waals surface area contributed by atoms with Gasteiger partial charge in [-0.15, -0.1) is 5.10 Å². The molecule has 0 saturated carbocycles. The quantitative estimate of drug-likeness (QED) is 0.611. The van der Waals surface area contributed by atoms with Gasteiger partial charge < -0.3 is 10.1 Å². The summed E-state index contributed by atoms with van der Waals surface area (Å²) in [4.78, 5) is 16.8. The molecule has 27 heavy (non-hydrogen) atoms. The largest absolute Gasteiger partial charge is 0.497 e. The van der Waals surface area contributed by atoms with Crippen LogP contribution in [0, 0.1) is 6.92 Å². The predicted octanol–water partition coefficient (Wildman–Crippen LogP) is 3.59. The van der Waals surface area contributed by atoms with Crippen LogP contribution in [0.1, 0.15) is 18.1 Å². The number of hydrogen-bond acceptors (Lipinski definition) is 5. The van der Waals surface area contributed by atoms with Gasteiger partial charge in [0.05, 0.1) is 12.4 Å². The van der Waals surface area contributed by atoms with Crippen LogP contribution in [0.15, 0.2) is 53.7 Å². The molecule has 1 aromatic heterocycles. The number of aromatic amines is 1. The predicted molar refractivity (Wildman–Crippen MR) is 107 cm³/mol. The van der Waals surface area contributed by atoms with Gasteiger partial charge in [0, 0.05) is 12.1 Å². The Morgan fingerprint density at radius 2 is 1.89 bits per heavy atom. The Hall–Kier alpha value is -2.80. The van der Waals surface area contributed by atoms with Crippen LogP contribution in [-0.4, -0.2) is 33.4 Å². The zero-order chi connectivity index (χ0) is 19.2. The number of nitrogens with one attached hydrogen (secondary N) is 2. The minimum Gasteiger partial charge on any atom is -0.497 e. The molecule has 3 rings (SSSR count). The summed E-state index contributed by atoms with van der Waals surface area (Å²) in [5.41, 5.74) is 3.17. The number of rotatable bonds is 7. The van der Waals surface area contributed by atoms with Crippen LogP contribution < -0.4 is 10.1 Å². The highest BCUT2D eigenvalue weighted by Crippen LogP contribution is 2.23. The maximum absolute atomic E-state index is 12.3. The number of amides is 1. The SMILES string of the molecule is COc1ccc(CNC(=O)[C@H](C)Sc2n[nH]c(-c3ccc(C)cc3)n2)cc1. The van der Waals surface area contributed by atoms with Crippen molar-refractivity contribution in [2.75, 3.05) is 7.11 Å². The molecule has 2 aromatic carbocycles. The number of carbonyl (C=O) groups excluding carboxylic acids is 1. The first-order chi connectivity index (χ1) is 13.0. The number of carbonyl (C=O) groups is 1. The van der Waals surface area contributed by atoms with Gasteiger partial charge in [-0.3, -0.25) is 9.89 Å². The van der Waals surface area contributed by atoms with Crippen LogP contribution in [-0.2, 0) is 11.3 Å². The number of nitrogens with zero attached hydrogens (tertiary/aromatic N) is 2. The molecule has 1 heterocycles. The number of hydrogen-bond donors (Lipinski definition) is 2.